The van der Waals surface area contributed by atoms with E-state index in [1.54, 1.807) is 0 Å². The molecular formula is C16H15I. The first-order chi connectivity index (χ1) is 8.38. The minimum absolute atomic E-state index is 1.11. The molecule has 0 atom stereocenters. The molecule has 3 rings (SSSR count). The molecule has 17 heavy (non-hydrogen) atoms. The Labute approximate surface area is 116 Å². The minimum Gasteiger partial charge on any atom is -0.0864 e. The van der Waals surface area contributed by atoms with Gasteiger partial charge < -0.3 is 0 Å². The molecule has 2 aromatic carbocycles. The van der Waals surface area contributed by atoms with Gasteiger partial charge in [0.05, 0.1) is 0 Å². The summed E-state index contributed by atoms with van der Waals surface area (Å²) >= 11 is 2.45. The number of hydrogen-bond donors (Lipinski definition) is 0. The van der Waals surface area contributed by atoms with E-state index in [0.29, 0.717) is 0 Å². The van der Waals surface area contributed by atoms with Crippen LogP contribution in [0.3, 0.4) is 0 Å². The third kappa shape index (κ3) is 2.13. The first kappa shape index (κ1) is 11.3. The molecule has 0 radical (unpaired) electrons. The number of rotatable bonds is 3. The smallest absolute Gasteiger partial charge is 0.000156 e. The van der Waals surface area contributed by atoms with E-state index in [4.69, 9.17) is 0 Å². The van der Waals surface area contributed by atoms with Gasteiger partial charge in [0.1, 0.15) is 0 Å². The third-order valence-corrected chi connectivity index (χ3v) is 4.22. The van der Waals surface area contributed by atoms with Crippen molar-refractivity contribution in [3.8, 4) is 11.1 Å². The lowest BCUT2D eigenvalue weighted by Crippen LogP contribution is -1.88. The Morgan fingerprint density at radius 1 is 0.941 bits per heavy atom. The van der Waals surface area contributed by atoms with Crippen LogP contribution in [0.15, 0.2) is 42.5 Å². The van der Waals surface area contributed by atoms with E-state index in [-0.39, 0.29) is 0 Å². The molecule has 1 aliphatic carbocycles. The van der Waals surface area contributed by atoms with Crippen LogP contribution < -0.4 is 0 Å². The Morgan fingerprint density at radius 3 is 2.65 bits per heavy atom. The molecule has 0 aromatic heterocycles. The topological polar surface area (TPSA) is 0 Å². The molecule has 0 aliphatic heterocycles. The third-order valence-electron chi connectivity index (χ3n) is 3.46. The number of halogens is 1. The highest BCUT2D eigenvalue weighted by molar-refractivity contribution is 14.1. The van der Waals surface area contributed by atoms with E-state index in [2.05, 4.69) is 65.1 Å². The second-order valence-corrected chi connectivity index (χ2v) is 5.70. The van der Waals surface area contributed by atoms with Crippen LogP contribution in [0.4, 0.5) is 0 Å². The average molecular weight is 334 g/mol. The molecule has 0 nitrogen and oxygen atoms in total. The lowest BCUT2D eigenvalue weighted by molar-refractivity contribution is 0.943. The number of fused-ring (bicyclic) bond motifs is 3. The second-order valence-electron chi connectivity index (χ2n) is 4.62. The zero-order valence-corrected chi connectivity index (χ0v) is 11.9. The van der Waals surface area contributed by atoms with E-state index in [1.165, 1.54) is 45.1 Å². The first-order valence-corrected chi connectivity index (χ1v) is 7.67. The van der Waals surface area contributed by atoms with Crippen molar-refractivity contribution < 1.29 is 0 Å². The summed E-state index contributed by atoms with van der Waals surface area (Å²) < 4.78 is 1.25. The average Bonchev–Trinajstić information content (AvgIpc) is 2.74. The molecule has 1 heteroatoms. The minimum atomic E-state index is 1.11. The summed E-state index contributed by atoms with van der Waals surface area (Å²) in [5, 5.41) is 0. The number of benzene rings is 2. The summed E-state index contributed by atoms with van der Waals surface area (Å²) in [6, 6.07) is 15.8. The molecule has 0 saturated heterocycles. The van der Waals surface area contributed by atoms with Gasteiger partial charge in [0.2, 0.25) is 0 Å². The van der Waals surface area contributed by atoms with Gasteiger partial charge in [-0.25, -0.2) is 0 Å². The normalized spacial score (nSPS) is 12.3. The van der Waals surface area contributed by atoms with Crippen LogP contribution in [0, 0.1) is 0 Å². The van der Waals surface area contributed by atoms with E-state index in [0.717, 1.165) is 6.42 Å². The highest BCUT2D eigenvalue weighted by Gasteiger charge is 2.17. The van der Waals surface area contributed by atoms with Crippen molar-refractivity contribution in [3.63, 3.8) is 0 Å². The SMILES string of the molecule is ICCCc1ccc2c(c1)Cc1ccccc1-2. The zero-order valence-electron chi connectivity index (χ0n) is 9.75. The molecule has 0 unspecified atom stereocenters. The maximum Gasteiger partial charge on any atom is -0.000156 e. The maximum absolute atomic E-state index is 2.45. The maximum atomic E-state index is 2.45. The molecule has 1 aliphatic rings. The van der Waals surface area contributed by atoms with Gasteiger partial charge in [-0.2, -0.15) is 0 Å². The van der Waals surface area contributed by atoms with Gasteiger partial charge in [-0.3, -0.25) is 0 Å². The number of hydrogen-bond acceptors (Lipinski definition) is 0. The van der Waals surface area contributed by atoms with Crippen LogP contribution in [0.5, 0.6) is 0 Å². The molecule has 2 aromatic rings. The van der Waals surface area contributed by atoms with Gasteiger partial charge >= 0.3 is 0 Å². The van der Waals surface area contributed by atoms with E-state index >= 15 is 0 Å². The van der Waals surface area contributed by atoms with Gasteiger partial charge in [0, 0.05) is 0 Å². The Morgan fingerprint density at radius 2 is 1.76 bits per heavy atom. The highest BCUT2D eigenvalue weighted by atomic mass is 127. The van der Waals surface area contributed by atoms with Crippen molar-refractivity contribution in [2.24, 2.45) is 0 Å². The van der Waals surface area contributed by atoms with Crippen LogP contribution in [-0.4, -0.2) is 4.43 Å². The predicted molar refractivity (Wildman–Crippen MR) is 81.9 cm³/mol. The summed E-state index contributed by atoms with van der Waals surface area (Å²) in [6.45, 7) is 0. The fourth-order valence-corrected chi connectivity index (χ4v) is 3.01. The molecule has 0 bridgehead atoms. The quantitative estimate of drug-likeness (QED) is 0.484. The second kappa shape index (κ2) is 4.81. The van der Waals surface area contributed by atoms with Gasteiger partial charge in [-0.1, -0.05) is 65.1 Å². The van der Waals surface area contributed by atoms with Gasteiger partial charge in [-0.15, -0.1) is 0 Å². The summed E-state index contributed by atoms with van der Waals surface area (Å²) in [7, 11) is 0. The number of aryl methyl sites for hydroxylation is 1. The van der Waals surface area contributed by atoms with Crippen LogP contribution in [0.2, 0.25) is 0 Å². The van der Waals surface area contributed by atoms with Gasteiger partial charge in [0.25, 0.3) is 0 Å². The molecule has 0 spiro atoms. The lowest BCUT2D eigenvalue weighted by atomic mass is 10.0. The molecule has 0 N–H and O–H groups in total. The zero-order chi connectivity index (χ0) is 11.7. The molecule has 0 heterocycles. The monoisotopic (exact) mass is 334 g/mol. The summed E-state index contributed by atoms with van der Waals surface area (Å²) in [5.74, 6) is 0. The van der Waals surface area contributed by atoms with Crippen molar-refractivity contribution in [1.82, 2.24) is 0 Å². The van der Waals surface area contributed by atoms with Crippen molar-refractivity contribution in [2.45, 2.75) is 19.3 Å². The Hall–Kier alpha value is -0.830. The van der Waals surface area contributed by atoms with E-state index < -0.39 is 0 Å². The lowest BCUT2D eigenvalue weighted by Gasteiger charge is -2.04. The fourth-order valence-electron chi connectivity index (χ4n) is 2.62. The van der Waals surface area contributed by atoms with Crippen LogP contribution in [0.1, 0.15) is 23.1 Å². The summed E-state index contributed by atoms with van der Waals surface area (Å²) in [6.07, 6.45) is 3.61. The molecule has 0 fully saturated rings. The van der Waals surface area contributed by atoms with E-state index in [1.807, 2.05) is 0 Å². The van der Waals surface area contributed by atoms with Crippen molar-refractivity contribution in [3.05, 3.63) is 59.2 Å². The molecule has 0 saturated carbocycles. The predicted octanol–water partition coefficient (Wildman–Crippen LogP) is 4.63. The van der Waals surface area contributed by atoms with Crippen molar-refractivity contribution >= 4 is 22.6 Å². The van der Waals surface area contributed by atoms with Crippen molar-refractivity contribution in [1.29, 1.82) is 0 Å². The van der Waals surface area contributed by atoms with E-state index in [9.17, 15) is 0 Å². The van der Waals surface area contributed by atoms with Crippen molar-refractivity contribution in [2.75, 3.05) is 4.43 Å². The van der Waals surface area contributed by atoms with Crippen LogP contribution in [-0.2, 0) is 12.8 Å². The number of alkyl halides is 1. The van der Waals surface area contributed by atoms with Gasteiger partial charge in [-0.05, 0) is 51.5 Å². The molecule has 86 valence electrons. The fraction of sp³-hybridized carbons (Fsp3) is 0.250. The van der Waals surface area contributed by atoms with Gasteiger partial charge in [0.15, 0.2) is 0 Å². The summed E-state index contributed by atoms with van der Waals surface area (Å²) in [4.78, 5) is 0. The Bertz CT molecular complexity index is 543. The molecule has 0 amide bonds. The highest BCUT2D eigenvalue weighted by Crippen LogP contribution is 2.36. The Balaban J connectivity index is 1.95. The standard InChI is InChI=1S/C16H15I/c17-9-3-4-12-7-8-16-14(10-12)11-13-5-1-2-6-15(13)16/h1-2,5-8,10H,3-4,9,11H2. The first-order valence-electron chi connectivity index (χ1n) is 6.14. The Kier molecular flexibility index (Phi) is 3.19. The van der Waals surface area contributed by atoms with Crippen LogP contribution in [0.25, 0.3) is 11.1 Å². The molecular weight excluding hydrogens is 319 g/mol. The van der Waals surface area contributed by atoms with Crippen LogP contribution >= 0.6 is 22.6 Å². The summed E-state index contributed by atoms with van der Waals surface area (Å²) in [5.41, 5.74) is 7.36. The largest absolute Gasteiger partial charge is 0.0864 e.